The fourth-order valence-electron chi connectivity index (χ4n) is 5.30. The average molecular weight is 587 g/mol. The predicted octanol–water partition coefficient (Wildman–Crippen LogP) is 7.74. The minimum absolute atomic E-state index is 0.0418. The van der Waals surface area contributed by atoms with Crippen molar-refractivity contribution in [1.82, 2.24) is 14.9 Å². The zero-order valence-corrected chi connectivity index (χ0v) is 26.1. The Labute approximate surface area is 252 Å². The number of carbonyl (C=O) groups is 1. The van der Waals surface area contributed by atoms with Crippen molar-refractivity contribution < 1.29 is 9.21 Å². The van der Waals surface area contributed by atoms with Crippen LogP contribution in [0.1, 0.15) is 76.8 Å². The standard InChI is InChI=1S/C32H36N4O3S.C2H6/c1-20(2)26-16-11-22(28-10-7-17-39-28)18-27(26)30-21(3)31(38)36(25-14-12-23(33)13-15-25)32(35-30)40-19-29(37)34-24-8-5-4-6-9-24;1-2/h7,10-18,20,24H,4-6,8-9,19,33H2,1-3H3,(H,34,37);1-2H3. The van der Waals surface area contributed by atoms with E-state index in [2.05, 4.69) is 25.2 Å². The van der Waals surface area contributed by atoms with Crippen molar-refractivity contribution in [3.05, 3.63) is 82.3 Å². The number of nitrogens with zero attached hydrogens (tertiary/aromatic N) is 2. The molecular formula is C34H42N4O3S. The van der Waals surface area contributed by atoms with Gasteiger partial charge in [-0.1, -0.05) is 70.9 Å². The lowest BCUT2D eigenvalue weighted by atomic mass is 9.91. The van der Waals surface area contributed by atoms with Crippen LogP contribution in [0.5, 0.6) is 0 Å². The maximum absolute atomic E-state index is 14.0. The number of nitrogens with two attached hydrogens (primary N) is 1. The third-order valence-electron chi connectivity index (χ3n) is 7.47. The van der Waals surface area contributed by atoms with Crippen molar-refractivity contribution in [2.75, 3.05) is 11.5 Å². The van der Waals surface area contributed by atoms with Gasteiger partial charge in [0.1, 0.15) is 5.76 Å². The van der Waals surface area contributed by atoms with E-state index in [4.69, 9.17) is 15.1 Å². The van der Waals surface area contributed by atoms with E-state index in [1.165, 1.54) is 18.2 Å². The lowest BCUT2D eigenvalue weighted by molar-refractivity contribution is -0.119. The normalized spacial score (nSPS) is 13.5. The van der Waals surface area contributed by atoms with E-state index in [1.54, 1.807) is 35.1 Å². The number of hydrogen-bond donors (Lipinski definition) is 2. The number of amides is 1. The van der Waals surface area contributed by atoms with Gasteiger partial charge >= 0.3 is 0 Å². The van der Waals surface area contributed by atoms with Gasteiger partial charge in [-0.05, 0) is 73.7 Å². The number of aromatic nitrogens is 2. The molecule has 0 spiro atoms. The fourth-order valence-corrected chi connectivity index (χ4v) is 6.12. The van der Waals surface area contributed by atoms with Crippen LogP contribution in [0.4, 0.5) is 5.69 Å². The molecule has 8 heteroatoms. The molecule has 2 aromatic carbocycles. The minimum Gasteiger partial charge on any atom is -0.464 e. The summed E-state index contributed by atoms with van der Waals surface area (Å²) in [6.07, 6.45) is 7.20. The molecule has 0 atom stereocenters. The number of hydrogen-bond acceptors (Lipinski definition) is 6. The van der Waals surface area contributed by atoms with Crippen LogP contribution in [0.25, 0.3) is 28.3 Å². The monoisotopic (exact) mass is 586 g/mol. The van der Waals surface area contributed by atoms with Gasteiger partial charge in [0.15, 0.2) is 5.16 Å². The first kappa shape index (κ1) is 31.2. The number of thioether (sulfide) groups is 1. The van der Waals surface area contributed by atoms with Crippen molar-refractivity contribution in [2.24, 2.45) is 0 Å². The van der Waals surface area contributed by atoms with Crippen molar-refractivity contribution in [3.8, 4) is 28.3 Å². The van der Waals surface area contributed by atoms with Gasteiger partial charge in [0.05, 0.1) is 23.4 Å². The minimum atomic E-state index is -0.178. The number of rotatable bonds is 8. The molecule has 7 nitrogen and oxygen atoms in total. The van der Waals surface area contributed by atoms with Crippen molar-refractivity contribution >= 4 is 23.4 Å². The maximum atomic E-state index is 14.0. The third kappa shape index (κ3) is 7.16. The topological polar surface area (TPSA) is 103 Å². The first-order valence-electron chi connectivity index (χ1n) is 14.9. The number of carbonyl (C=O) groups excluding carboxylic acids is 1. The highest BCUT2D eigenvalue weighted by Crippen LogP contribution is 2.35. The van der Waals surface area contributed by atoms with Crippen LogP contribution in [0.3, 0.4) is 0 Å². The van der Waals surface area contributed by atoms with Crippen LogP contribution >= 0.6 is 11.8 Å². The molecule has 2 aromatic heterocycles. The van der Waals surface area contributed by atoms with Crippen LogP contribution in [0, 0.1) is 6.92 Å². The Balaban J connectivity index is 0.00000198. The van der Waals surface area contributed by atoms with E-state index >= 15 is 0 Å². The number of nitrogen functional groups attached to an aromatic ring is 1. The van der Waals surface area contributed by atoms with Gasteiger partial charge in [0, 0.05) is 28.4 Å². The van der Waals surface area contributed by atoms with Gasteiger partial charge in [-0.15, -0.1) is 0 Å². The molecule has 0 saturated heterocycles. The van der Waals surface area contributed by atoms with Gasteiger partial charge in [-0.3, -0.25) is 14.2 Å². The molecule has 2 heterocycles. The van der Waals surface area contributed by atoms with E-state index in [1.807, 2.05) is 45.0 Å². The van der Waals surface area contributed by atoms with Crippen molar-refractivity contribution in [3.63, 3.8) is 0 Å². The van der Waals surface area contributed by atoms with Gasteiger partial charge < -0.3 is 15.5 Å². The Bertz CT molecular complexity index is 1540. The molecule has 1 aliphatic carbocycles. The molecule has 1 fully saturated rings. The Kier molecular flexibility index (Phi) is 10.7. The molecule has 0 unspecified atom stereocenters. The summed E-state index contributed by atoms with van der Waals surface area (Å²) in [4.78, 5) is 32.0. The Morgan fingerprint density at radius 1 is 1.10 bits per heavy atom. The zero-order valence-electron chi connectivity index (χ0n) is 25.3. The van der Waals surface area contributed by atoms with Crippen LogP contribution in [0.2, 0.25) is 0 Å². The Hall–Kier alpha value is -3.78. The first-order chi connectivity index (χ1) is 20.3. The smallest absolute Gasteiger partial charge is 0.262 e. The SMILES string of the molecule is CC.Cc1c(-c2cc(-c3ccco3)ccc2C(C)C)nc(SCC(=O)NC2CCCCC2)n(-c2ccc(N)cc2)c1=O. The van der Waals surface area contributed by atoms with E-state index in [0.717, 1.165) is 48.1 Å². The highest BCUT2D eigenvalue weighted by molar-refractivity contribution is 7.99. The second-order valence-electron chi connectivity index (χ2n) is 10.7. The Morgan fingerprint density at radius 2 is 1.81 bits per heavy atom. The summed E-state index contributed by atoms with van der Waals surface area (Å²) in [6, 6.07) is 17.3. The quantitative estimate of drug-likeness (QED) is 0.124. The maximum Gasteiger partial charge on any atom is 0.262 e. The van der Waals surface area contributed by atoms with Gasteiger partial charge in [-0.25, -0.2) is 4.98 Å². The molecule has 1 aliphatic rings. The van der Waals surface area contributed by atoms with Gasteiger partial charge in [0.2, 0.25) is 5.91 Å². The van der Waals surface area contributed by atoms with Crippen LogP contribution in [-0.2, 0) is 4.79 Å². The van der Waals surface area contributed by atoms with Crippen LogP contribution in [-0.4, -0.2) is 27.3 Å². The molecule has 0 radical (unpaired) electrons. The van der Waals surface area contributed by atoms with Gasteiger partial charge in [0.25, 0.3) is 5.56 Å². The lowest BCUT2D eigenvalue weighted by Gasteiger charge is -2.23. The second-order valence-corrected chi connectivity index (χ2v) is 11.7. The number of furan rings is 1. The van der Waals surface area contributed by atoms with Gasteiger partial charge in [-0.2, -0.15) is 0 Å². The van der Waals surface area contributed by atoms with Crippen LogP contribution < -0.4 is 16.6 Å². The highest BCUT2D eigenvalue weighted by atomic mass is 32.2. The molecule has 0 aliphatic heterocycles. The fraction of sp³-hybridized carbons (Fsp3) is 0.382. The summed E-state index contributed by atoms with van der Waals surface area (Å²) < 4.78 is 7.24. The molecule has 4 aromatic rings. The molecule has 222 valence electrons. The summed E-state index contributed by atoms with van der Waals surface area (Å²) in [7, 11) is 0. The predicted molar refractivity (Wildman–Crippen MR) is 173 cm³/mol. The average Bonchev–Trinajstić information content (AvgIpc) is 3.55. The molecule has 0 bridgehead atoms. The molecule has 42 heavy (non-hydrogen) atoms. The second kappa shape index (κ2) is 14.4. The number of anilines is 1. The lowest BCUT2D eigenvalue weighted by Crippen LogP contribution is -2.37. The molecular weight excluding hydrogens is 544 g/mol. The summed E-state index contributed by atoms with van der Waals surface area (Å²) >= 11 is 1.28. The van der Waals surface area contributed by atoms with Crippen molar-refractivity contribution in [2.45, 2.75) is 83.8 Å². The number of nitrogens with one attached hydrogen (secondary N) is 1. The largest absolute Gasteiger partial charge is 0.464 e. The molecule has 1 saturated carbocycles. The Morgan fingerprint density at radius 3 is 2.45 bits per heavy atom. The van der Waals surface area contributed by atoms with E-state index in [-0.39, 0.29) is 29.2 Å². The third-order valence-corrected chi connectivity index (χ3v) is 8.41. The summed E-state index contributed by atoms with van der Waals surface area (Å²) in [5, 5.41) is 3.64. The summed E-state index contributed by atoms with van der Waals surface area (Å²) in [5.74, 6) is 1.08. The summed E-state index contributed by atoms with van der Waals surface area (Å²) in [6.45, 7) is 10.1. The highest BCUT2D eigenvalue weighted by Gasteiger charge is 2.22. The molecule has 5 rings (SSSR count). The van der Waals surface area contributed by atoms with E-state index in [9.17, 15) is 9.59 Å². The summed E-state index contributed by atoms with van der Waals surface area (Å²) in [5.41, 5.74) is 11.0. The zero-order chi connectivity index (χ0) is 30.2. The molecule has 1 amide bonds. The van der Waals surface area contributed by atoms with E-state index in [0.29, 0.717) is 27.8 Å². The molecule has 3 N–H and O–H groups in total. The van der Waals surface area contributed by atoms with E-state index < -0.39 is 0 Å². The first-order valence-corrected chi connectivity index (χ1v) is 15.9. The van der Waals surface area contributed by atoms with Crippen LogP contribution in [0.15, 0.2) is 75.2 Å². The number of benzene rings is 2. The van der Waals surface area contributed by atoms with Crippen molar-refractivity contribution in [1.29, 1.82) is 0 Å².